The Morgan fingerprint density at radius 1 is 1.44 bits per heavy atom. The smallest absolute Gasteiger partial charge is 0.251 e. The molecule has 0 fully saturated rings. The van der Waals surface area contributed by atoms with Crippen molar-refractivity contribution in [3.8, 4) is 0 Å². The first-order valence-corrected chi connectivity index (χ1v) is 5.69. The standard InChI is InChI=1S/C12H16ClNO2/c1-9(15)3-2-8-14-12(16)10-4-6-11(13)7-5-10/h4-7,9,15H,2-3,8H2,1H3,(H,14,16). The summed E-state index contributed by atoms with van der Waals surface area (Å²) in [5.41, 5.74) is 0.599. The topological polar surface area (TPSA) is 49.3 Å². The Hall–Kier alpha value is -1.06. The largest absolute Gasteiger partial charge is 0.393 e. The Balaban J connectivity index is 2.32. The van der Waals surface area contributed by atoms with Gasteiger partial charge in [0.2, 0.25) is 0 Å². The van der Waals surface area contributed by atoms with Gasteiger partial charge in [0.05, 0.1) is 6.10 Å². The lowest BCUT2D eigenvalue weighted by atomic mass is 10.2. The highest BCUT2D eigenvalue weighted by atomic mass is 35.5. The van der Waals surface area contributed by atoms with Crippen molar-refractivity contribution in [1.82, 2.24) is 5.32 Å². The average molecular weight is 242 g/mol. The minimum atomic E-state index is -0.313. The SMILES string of the molecule is CC(O)CCCNC(=O)c1ccc(Cl)cc1. The summed E-state index contributed by atoms with van der Waals surface area (Å²) in [4.78, 5) is 11.6. The van der Waals surface area contributed by atoms with Crippen molar-refractivity contribution in [2.45, 2.75) is 25.9 Å². The van der Waals surface area contributed by atoms with Crippen LogP contribution in [0.5, 0.6) is 0 Å². The van der Waals surface area contributed by atoms with Crippen LogP contribution in [0.15, 0.2) is 24.3 Å². The molecule has 3 nitrogen and oxygen atoms in total. The molecule has 1 unspecified atom stereocenters. The van der Waals surface area contributed by atoms with Crippen molar-refractivity contribution in [2.24, 2.45) is 0 Å². The van der Waals surface area contributed by atoms with Gasteiger partial charge in [0.15, 0.2) is 0 Å². The fraction of sp³-hybridized carbons (Fsp3) is 0.417. The van der Waals surface area contributed by atoms with Gasteiger partial charge in [-0.3, -0.25) is 4.79 Å². The molecule has 0 aliphatic heterocycles. The van der Waals surface area contributed by atoms with Gasteiger partial charge in [-0.1, -0.05) is 11.6 Å². The van der Waals surface area contributed by atoms with Gasteiger partial charge in [-0.25, -0.2) is 0 Å². The van der Waals surface area contributed by atoms with E-state index in [9.17, 15) is 4.79 Å². The molecule has 0 bridgehead atoms. The third kappa shape index (κ3) is 4.64. The van der Waals surface area contributed by atoms with E-state index in [0.717, 1.165) is 6.42 Å². The van der Waals surface area contributed by atoms with E-state index in [1.807, 2.05) is 0 Å². The van der Waals surface area contributed by atoms with Crippen molar-refractivity contribution < 1.29 is 9.90 Å². The number of halogens is 1. The minimum Gasteiger partial charge on any atom is -0.393 e. The molecule has 0 saturated heterocycles. The number of benzene rings is 1. The van der Waals surface area contributed by atoms with E-state index in [2.05, 4.69) is 5.32 Å². The van der Waals surface area contributed by atoms with Crippen molar-refractivity contribution in [3.05, 3.63) is 34.9 Å². The normalized spacial score (nSPS) is 12.2. The molecule has 0 aromatic heterocycles. The van der Waals surface area contributed by atoms with E-state index < -0.39 is 0 Å². The highest BCUT2D eigenvalue weighted by molar-refractivity contribution is 6.30. The monoisotopic (exact) mass is 241 g/mol. The van der Waals surface area contributed by atoms with Crippen LogP contribution in [0.4, 0.5) is 0 Å². The van der Waals surface area contributed by atoms with Gasteiger partial charge in [0.25, 0.3) is 5.91 Å². The van der Waals surface area contributed by atoms with Crippen LogP contribution in [0.2, 0.25) is 5.02 Å². The second-order valence-corrected chi connectivity index (χ2v) is 4.19. The maximum absolute atomic E-state index is 11.6. The molecule has 4 heteroatoms. The van der Waals surface area contributed by atoms with Crippen LogP contribution < -0.4 is 5.32 Å². The molecule has 2 N–H and O–H groups in total. The van der Waals surface area contributed by atoms with Crippen molar-refractivity contribution in [2.75, 3.05) is 6.54 Å². The van der Waals surface area contributed by atoms with Crippen LogP contribution in [0, 0.1) is 0 Å². The lowest BCUT2D eigenvalue weighted by Crippen LogP contribution is -2.24. The van der Waals surface area contributed by atoms with E-state index in [1.54, 1.807) is 31.2 Å². The van der Waals surface area contributed by atoms with Gasteiger partial charge >= 0.3 is 0 Å². The van der Waals surface area contributed by atoms with Gasteiger partial charge < -0.3 is 10.4 Å². The Kier molecular flexibility index (Phi) is 5.29. The number of amides is 1. The first-order chi connectivity index (χ1) is 7.59. The van der Waals surface area contributed by atoms with Gasteiger partial charge in [-0.15, -0.1) is 0 Å². The molecule has 0 aliphatic rings. The Bertz CT molecular complexity index is 335. The number of carbonyl (C=O) groups is 1. The molecule has 0 aliphatic carbocycles. The van der Waals surface area contributed by atoms with Crippen molar-refractivity contribution >= 4 is 17.5 Å². The maximum Gasteiger partial charge on any atom is 0.251 e. The van der Waals surface area contributed by atoms with Gasteiger partial charge in [-0.05, 0) is 44.0 Å². The minimum absolute atomic E-state index is 0.109. The summed E-state index contributed by atoms with van der Waals surface area (Å²) in [6, 6.07) is 6.75. The van der Waals surface area contributed by atoms with E-state index >= 15 is 0 Å². The Morgan fingerprint density at radius 3 is 2.62 bits per heavy atom. The zero-order chi connectivity index (χ0) is 12.0. The first kappa shape index (κ1) is 13.0. The van der Waals surface area contributed by atoms with E-state index in [0.29, 0.717) is 23.6 Å². The molecular formula is C12H16ClNO2. The third-order valence-electron chi connectivity index (χ3n) is 2.19. The zero-order valence-electron chi connectivity index (χ0n) is 9.24. The van der Waals surface area contributed by atoms with Gasteiger partial charge in [-0.2, -0.15) is 0 Å². The first-order valence-electron chi connectivity index (χ1n) is 5.31. The van der Waals surface area contributed by atoms with Crippen molar-refractivity contribution in [1.29, 1.82) is 0 Å². The van der Waals surface area contributed by atoms with Crippen LogP contribution in [-0.2, 0) is 0 Å². The number of aliphatic hydroxyl groups is 1. The molecule has 0 heterocycles. The summed E-state index contributed by atoms with van der Waals surface area (Å²) < 4.78 is 0. The highest BCUT2D eigenvalue weighted by Crippen LogP contribution is 2.09. The molecule has 0 saturated carbocycles. The predicted molar refractivity (Wildman–Crippen MR) is 64.7 cm³/mol. The molecule has 16 heavy (non-hydrogen) atoms. The third-order valence-corrected chi connectivity index (χ3v) is 2.44. The number of rotatable bonds is 5. The maximum atomic E-state index is 11.6. The molecule has 1 amide bonds. The summed E-state index contributed by atoms with van der Waals surface area (Å²) >= 11 is 5.72. The van der Waals surface area contributed by atoms with E-state index in [4.69, 9.17) is 16.7 Å². The number of carbonyl (C=O) groups excluding carboxylic acids is 1. The van der Waals surface area contributed by atoms with Crippen LogP contribution in [-0.4, -0.2) is 23.7 Å². The summed E-state index contributed by atoms with van der Waals surface area (Å²) in [5, 5.41) is 12.4. The van der Waals surface area contributed by atoms with E-state index in [-0.39, 0.29) is 12.0 Å². The summed E-state index contributed by atoms with van der Waals surface area (Å²) in [6.07, 6.45) is 1.16. The molecule has 1 aromatic carbocycles. The van der Waals surface area contributed by atoms with Crippen molar-refractivity contribution in [3.63, 3.8) is 0 Å². The fourth-order valence-corrected chi connectivity index (χ4v) is 1.43. The number of nitrogens with one attached hydrogen (secondary N) is 1. The lowest BCUT2D eigenvalue weighted by molar-refractivity contribution is 0.0949. The number of hydrogen-bond donors (Lipinski definition) is 2. The molecule has 1 aromatic rings. The van der Waals surface area contributed by atoms with E-state index in [1.165, 1.54) is 0 Å². The molecule has 1 rings (SSSR count). The van der Waals surface area contributed by atoms with Crippen LogP contribution >= 0.6 is 11.6 Å². The molecule has 88 valence electrons. The second-order valence-electron chi connectivity index (χ2n) is 3.75. The number of aliphatic hydroxyl groups excluding tert-OH is 1. The van der Waals surface area contributed by atoms with Crippen LogP contribution in [0.1, 0.15) is 30.1 Å². The second kappa shape index (κ2) is 6.51. The molecule has 1 atom stereocenters. The molecule has 0 radical (unpaired) electrons. The van der Waals surface area contributed by atoms with Crippen LogP contribution in [0.3, 0.4) is 0 Å². The quantitative estimate of drug-likeness (QED) is 0.777. The predicted octanol–water partition coefficient (Wildman–Crippen LogP) is 2.23. The summed E-state index contributed by atoms with van der Waals surface area (Å²) in [5.74, 6) is -0.109. The molecule has 0 spiro atoms. The Morgan fingerprint density at radius 2 is 2.06 bits per heavy atom. The summed E-state index contributed by atoms with van der Waals surface area (Å²) in [6.45, 7) is 2.31. The Labute approximate surface area is 100 Å². The molecular weight excluding hydrogens is 226 g/mol. The fourth-order valence-electron chi connectivity index (χ4n) is 1.30. The lowest BCUT2D eigenvalue weighted by Gasteiger charge is -2.06. The summed E-state index contributed by atoms with van der Waals surface area (Å²) in [7, 11) is 0. The van der Waals surface area contributed by atoms with Gasteiger partial charge in [0, 0.05) is 17.1 Å². The average Bonchev–Trinajstić information content (AvgIpc) is 2.25. The van der Waals surface area contributed by atoms with Gasteiger partial charge in [0.1, 0.15) is 0 Å². The zero-order valence-corrected chi connectivity index (χ0v) is 10.00. The van der Waals surface area contributed by atoms with Crippen LogP contribution in [0.25, 0.3) is 0 Å². The number of hydrogen-bond acceptors (Lipinski definition) is 2. The highest BCUT2D eigenvalue weighted by Gasteiger charge is 2.04.